The molecule has 1 atom stereocenters. The number of anilines is 2. The fourth-order valence-corrected chi connectivity index (χ4v) is 5.58. The summed E-state index contributed by atoms with van der Waals surface area (Å²) in [6, 6.07) is 7.50. The molecule has 0 spiro atoms. The molecule has 1 N–H and O–H groups in total. The van der Waals surface area contributed by atoms with E-state index in [4.69, 9.17) is 4.74 Å². The molecule has 3 aromatic heterocycles. The first kappa shape index (κ1) is 22.8. The van der Waals surface area contributed by atoms with Crippen LogP contribution in [0.4, 0.5) is 15.9 Å². The highest BCUT2D eigenvalue weighted by Crippen LogP contribution is 2.39. The van der Waals surface area contributed by atoms with E-state index in [1.54, 1.807) is 22.3 Å². The van der Waals surface area contributed by atoms with Gasteiger partial charge in [0, 0.05) is 37.8 Å². The molecule has 1 aliphatic heterocycles. The second-order valence-electron chi connectivity index (χ2n) is 9.29. The largest absolute Gasteiger partial charge is 0.489 e. The minimum Gasteiger partial charge on any atom is -0.489 e. The van der Waals surface area contributed by atoms with Crippen LogP contribution in [0.1, 0.15) is 13.3 Å². The maximum Gasteiger partial charge on any atom is 0.166 e. The Morgan fingerprint density at radius 3 is 2.75 bits per heavy atom. The van der Waals surface area contributed by atoms with Crippen LogP contribution in [-0.2, 0) is 7.05 Å². The van der Waals surface area contributed by atoms with Gasteiger partial charge in [-0.3, -0.25) is 4.68 Å². The Morgan fingerprint density at radius 1 is 1.14 bits per heavy atom. The van der Waals surface area contributed by atoms with Gasteiger partial charge in [0.1, 0.15) is 24.0 Å². The van der Waals surface area contributed by atoms with Gasteiger partial charge in [-0.05, 0) is 43.3 Å². The van der Waals surface area contributed by atoms with E-state index in [2.05, 4.69) is 44.2 Å². The molecular weight excluding hydrogens is 477 g/mol. The molecule has 4 heterocycles. The van der Waals surface area contributed by atoms with Crippen molar-refractivity contribution in [2.75, 3.05) is 25.5 Å². The molecule has 2 aromatic carbocycles. The lowest BCUT2D eigenvalue weighted by Gasteiger charge is -2.41. The molecule has 5 aromatic rings. The summed E-state index contributed by atoms with van der Waals surface area (Å²) in [4.78, 5) is 15.5. The van der Waals surface area contributed by atoms with Crippen LogP contribution >= 0.6 is 11.3 Å². The highest BCUT2D eigenvalue weighted by atomic mass is 32.1. The number of fused-ring (bicyclic) bond motifs is 2. The highest BCUT2D eigenvalue weighted by Gasteiger charge is 2.32. The minimum atomic E-state index is -0.347. The van der Waals surface area contributed by atoms with Crippen molar-refractivity contribution in [3.8, 4) is 16.9 Å². The summed E-state index contributed by atoms with van der Waals surface area (Å²) in [6.07, 6.45) is 6.20. The van der Waals surface area contributed by atoms with Gasteiger partial charge in [-0.25, -0.2) is 19.3 Å². The van der Waals surface area contributed by atoms with Gasteiger partial charge in [0.15, 0.2) is 5.82 Å². The molecule has 0 radical (unpaired) electrons. The van der Waals surface area contributed by atoms with E-state index in [1.807, 2.05) is 31.6 Å². The third kappa shape index (κ3) is 4.06. The fraction of sp³-hybridized carbons (Fsp3) is 0.308. The molecule has 8 nitrogen and oxygen atoms in total. The normalized spacial score (nSPS) is 15.3. The Balaban J connectivity index is 1.47. The van der Waals surface area contributed by atoms with Crippen molar-refractivity contribution < 1.29 is 9.13 Å². The molecule has 184 valence electrons. The number of ether oxygens (including phenoxy) is 1. The number of aromatic nitrogens is 5. The number of rotatable bonds is 7. The van der Waals surface area contributed by atoms with Crippen molar-refractivity contribution in [3.05, 3.63) is 54.3 Å². The van der Waals surface area contributed by atoms with Gasteiger partial charge in [-0.1, -0.05) is 6.92 Å². The van der Waals surface area contributed by atoms with Crippen LogP contribution in [0.2, 0.25) is 0 Å². The summed E-state index contributed by atoms with van der Waals surface area (Å²) in [5.74, 6) is 1.27. The quantitative estimate of drug-likeness (QED) is 0.325. The van der Waals surface area contributed by atoms with Gasteiger partial charge in [-0.15, -0.1) is 11.3 Å². The van der Waals surface area contributed by atoms with Crippen LogP contribution < -0.4 is 10.1 Å². The molecule has 0 aliphatic carbocycles. The lowest BCUT2D eigenvalue weighted by atomic mass is 9.92. The fourth-order valence-electron chi connectivity index (χ4n) is 4.86. The molecule has 1 fully saturated rings. The lowest BCUT2D eigenvalue weighted by molar-refractivity contribution is 0.0241. The molecule has 1 saturated heterocycles. The second kappa shape index (κ2) is 9.11. The summed E-state index contributed by atoms with van der Waals surface area (Å²) < 4.78 is 24.2. The van der Waals surface area contributed by atoms with Crippen molar-refractivity contribution in [2.24, 2.45) is 13.0 Å². The Hall–Kier alpha value is -3.63. The summed E-state index contributed by atoms with van der Waals surface area (Å²) in [5, 5.41) is 8.25. The first-order chi connectivity index (χ1) is 17.5. The van der Waals surface area contributed by atoms with Crippen LogP contribution in [0.25, 0.3) is 32.2 Å². The van der Waals surface area contributed by atoms with Crippen molar-refractivity contribution in [3.63, 3.8) is 0 Å². The zero-order chi connectivity index (χ0) is 24.8. The number of hydrogen-bond donors (Lipinski definition) is 1. The smallest absolute Gasteiger partial charge is 0.166 e. The Morgan fingerprint density at radius 2 is 2.00 bits per heavy atom. The number of nitrogens with one attached hydrogen (secondary N) is 1. The number of benzene rings is 2. The summed E-state index contributed by atoms with van der Waals surface area (Å²) >= 11 is 1.28. The van der Waals surface area contributed by atoms with E-state index < -0.39 is 0 Å². The van der Waals surface area contributed by atoms with E-state index in [9.17, 15) is 0 Å². The highest BCUT2D eigenvalue weighted by molar-refractivity contribution is 7.16. The van der Waals surface area contributed by atoms with E-state index in [0.29, 0.717) is 38.9 Å². The first-order valence-electron chi connectivity index (χ1n) is 11.9. The van der Waals surface area contributed by atoms with E-state index in [0.717, 1.165) is 36.0 Å². The molecule has 0 bridgehead atoms. The maximum absolute atomic E-state index is 15.3. The second-order valence-corrected chi connectivity index (χ2v) is 10.1. The van der Waals surface area contributed by atoms with Crippen LogP contribution in [0, 0.1) is 11.7 Å². The number of likely N-dealkylation sites (tertiary alicyclic amines) is 1. The lowest BCUT2D eigenvalue weighted by Crippen LogP contribution is -2.51. The Labute approximate surface area is 211 Å². The van der Waals surface area contributed by atoms with Crippen molar-refractivity contribution in [1.29, 1.82) is 0 Å². The van der Waals surface area contributed by atoms with Crippen LogP contribution in [0.3, 0.4) is 0 Å². The third-order valence-corrected chi connectivity index (χ3v) is 7.57. The molecule has 0 saturated carbocycles. The van der Waals surface area contributed by atoms with E-state index in [1.165, 1.54) is 17.7 Å². The summed E-state index contributed by atoms with van der Waals surface area (Å²) in [6.45, 7) is 4.15. The molecular formula is C26H26FN7OS. The molecule has 6 rings (SSSR count). The monoisotopic (exact) mass is 503 g/mol. The summed E-state index contributed by atoms with van der Waals surface area (Å²) in [5.41, 5.74) is 5.25. The zero-order valence-electron chi connectivity index (χ0n) is 20.3. The topological polar surface area (TPSA) is 81.0 Å². The molecule has 36 heavy (non-hydrogen) atoms. The maximum atomic E-state index is 15.3. The van der Waals surface area contributed by atoms with Gasteiger partial charge in [0.25, 0.3) is 0 Å². The molecule has 0 amide bonds. The van der Waals surface area contributed by atoms with Crippen LogP contribution in [0.5, 0.6) is 5.75 Å². The van der Waals surface area contributed by atoms with Crippen molar-refractivity contribution >= 4 is 44.0 Å². The average molecular weight is 504 g/mol. The zero-order valence-corrected chi connectivity index (χ0v) is 21.1. The van der Waals surface area contributed by atoms with Gasteiger partial charge in [0.05, 0.1) is 38.5 Å². The van der Waals surface area contributed by atoms with E-state index in [-0.39, 0.29) is 11.9 Å². The van der Waals surface area contributed by atoms with Crippen molar-refractivity contribution in [1.82, 2.24) is 29.6 Å². The SMILES string of the molecule is CC[C@@H](Oc1cc(-c2cnn(C)c2)cc2ncnc(Nc3ccc4ncsc4c3F)c12)C1CN(C)C1. The first-order valence-corrected chi connectivity index (χ1v) is 12.8. The van der Waals surface area contributed by atoms with Crippen molar-refractivity contribution in [2.45, 2.75) is 19.4 Å². The summed E-state index contributed by atoms with van der Waals surface area (Å²) in [7, 11) is 4.01. The van der Waals surface area contributed by atoms with E-state index >= 15 is 4.39 Å². The van der Waals surface area contributed by atoms with Gasteiger partial charge in [0.2, 0.25) is 0 Å². The molecule has 1 aliphatic rings. The Bertz CT molecular complexity index is 1560. The van der Waals surface area contributed by atoms with Gasteiger partial charge < -0.3 is 15.0 Å². The third-order valence-electron chi connectivity index (χ3n) is 6.73. The average Bonchev–Trinajstić information content (AvgIpc) is 3.52. The van der Waals surface area contributed by atoms with Crippen LogP contribution in [-0.4, -0.2) is 55.9 Å². The number of halogens is 1. The number of hydrogen-bond acceptors (Lipinski definition) is 8. The molecule has 0 unspecified atom stereocenters. The number of aryl methyl sites for hydroxylation is 1. The number of thiazole rings is 1. The Kier molecular flexibility index (Phi) is 5.77. The van der Waals surface area contributed by atoms with Gasteiger partial charge in [-0.2, -0.15) is 5.10 Å². The predicted molar refractivity (Wildman–Crippen MR) is 140 cm³/mol. The van der Waals surface area contributed by atoms with Gasteiger partial charge >= 0.3 is 0 Å². The minimum absolute atomic E-state index is 0.0480. The van der Waals surface area contributed by atoms with Crippen LogP contribution in [0.15, 0.2) is 48.5 Å². The standard InChI is InChI=1S/C26H26FN7OS/c1-4-21(17-10-33(2)11-17)35-22-8-15(16-9-31-34(3)12-16)7-20-23(22)26(29-13-28-20)32-18-5-6-19-25(24(18)27)36-14-30-19/h5-9,12-14,17,21H,4,10-11H2,1-3H3,(H,28,29,32)/t21-/m1/s1. The molecule has 10 heteroatoms. The predicted octanol–water partition coefficient (Wildman–Crippen LogP) is 5.24. The number of nitrogens with zero attached hydrogens (tertiary/aromatic N) is 6.